The Kier molecular flexibility index (Phi) is 8.21. The van der Waals surface area contributed by atoms with E-state index in [-0.39, 0.29) is 42.1 Å². The molecule has 8 nitrogen and oxygen atoms in total. The molecule has 2 aliphatic heterocycles. The maximum atomic E-state index is 13.0. The number of hydrogen-bond acceptors (Lipinski definition) is 5. The summed E-state index contributed by atoms with van der Waals surface area (Å²) in [5.74, 6) is -0.173. The van der Waals surface area contributed by atoms with Gasteiger partial charge in [-0.05, 0) is 44.1 Å². The highest BCUT2D eigenvalue weighted by molar-refractivity contribution is 6.15. The van der Waals surface area contributed by atoms with Crippen LogP contribution in [0.3, 0.4) is 0 Å². The zero-order chi connectivity index (χ0) is 24.0. The van der Waals surface area contributed by atoms with Crippen molar-refractivity contribution in [2.45, 2.75) is 84.7 Å². The summed E-state index contributed by atoms with van der Waals surface area (Å²) < 4.78 is 0. The molecule has 180 valence electrons. The predicted molar refractivity (Wildman–Crippen MR) is 130 cm³/mol. The number of carbonyl (C=O) groups is 3. The number of amides is 3. The van der Waals surface area contributed by atoms with E-state index < -0.39 is 6.04 Å². The first-order chi connectivity index (χ1) is 15.6. The summed E-state index contributed by atoms with van der Waals surface area (Å²) in [6.45, 7) is 9.09. The standard InChI is InChI=1S/C25H37N5O3/c1-17-9-7-8-14-30(17)23(32)15-20(29-22(31)12-13-25(2,3)4)24(33)26-16-21-27-18-10-5-6-11-19(18)28-21/h5-6,10,17,20H,7-9,11-16H2,1-4H3,(H,26,33)(H,29,31)/t17-,20-/m0/s1. The van der Waals surface area contributed by atoms with E-state index in [9.17, 15) is 14.4 Å². The van der Waals surface area contributed by atoms with E-state index in [0.717, 1.165) is 37.1 Å². The van der Waals surface area contributed by atoms with Crippen LogP contribution in [0.4, 0.5) is 0 Å². The van der Waals surface area contributed by atoms with Crippen LogP contribution in [0, 0.1) is 5.41 Å². The topological polar surface area (TPSA) is 103 Å². The number of amidine groups is 1. The molecule has 2 atom stereocenters. The second kappa shape index (κ2) is 10.9. The van der Waals surface area contributed by atoms with Crippen LogP contribution in [-0.2, 0) is 14.4 Å². The van der Waals surface area contributed by atoms with Gasteiger partial charge in [0.05, 0.1) is 24.4 Å². The van der Waals surface area contributed by atoms with E-state index in [2.05, 4.69) is 41.4 Å². The van der Waals surface area contributed by atoms with Gasteiger partial charge in [-0.3, -0.25) is 14.4 Å². The van der Waals surface area contributed by atoms with Gasteiger partial charge in [-0.25, -0.2) is 9.98 Å². The van der Waals surface area contributed by atoms with E-state index in [1.165, 1.54) is 0 Å². The van der Waals surface area contributed by atoms with Gasteiger partial charge in [0.2, 0.25) is 17.7 Å². The molecule has 0 bridgehead atoms. The van der Waals surface area contributed by atoms with Gasteiger partial charge < -0.3 is 15.5 Å². The average Bonchev–Trinajstić information content (AvgIpc) is 3.18. The molecular formula is C25H37N5O3. The molecule has 3 aliphatic rings. The fourth-order valence-electron chi connectivity index (χ4n) is 4.16. The molecular weight excluding hydrogens is 418 g/mol. The minimum absolute atomic E-state index is 0.00819. The Morgan fingerprint density at radius 3 is 2.70 bits per heavy atom. The molecule has 33 heavy (non-hydrogen) atoms. The minimum Gasteiger partial charge on any atom is -0.347 e. The van der Waals surface area contributed by atoms with Gasteiger partial charge in [-0.15, -0.1) is 0 Å². The van der Waals surface area contributed by atoms with Gasteiger partial charge in [0, 0.05) is 25.4 Å². The van der Waals surface area contributed by atoms with Crippen molar-refractivity contribution in [2.75, 3.05) is 13.1 Å². The number of likely N-dealkylation sites (tertiary alicyclic amines) is 1. The van der Waals surface area contributed by atoms with Crippen LogP contribution in [0.15, 0.2) is 33.9 Å². The Hall–Kier alpha value is -2.77. The molecule has 0 saturated carbocycles. The highest BCUT2D eigenvalue weighted by Crippen LogP contribution is 2.21. The van der Waals surface area contributed by atoms with Gasteiger partial charge >= 0.3 is 0 Å². The molecule has 2 heterocycles. The van der Waals surface area contributed by atoms with Gasteiger partial charge in [0.25, 0.3) is 0 Å². The average molecular weight is 456 g/mol. The SMILES string of the molecule is C[C@H]1CCCCN1C(=O)C[C@H](NC(=O)CCC(C)(C)C)C(=O)NCC1=NC2=CC=CCC2=N1. The zero-order valence-corrected chi connectivity index (χ0v) is 20.3. The van der Waals surface area contributed by atoms with Crippen LogP contribution in [0.1, 0.15) is 72.6 Å². The maximum absolute atomic E-state index is 13.0. The molecule has 0 aromatic rings. The van der Waals surface area contributed by atoms with Crippen LogP contribution in [0.25, 0.3) is 0 Å². The van der Waals surface area contributed by atoms with Crippen LogP contribution in [0.2, 0.25) is 0 Å². The van der Waals surface area contributed by atoms with Crippen molar-refractivity contribution < 1.29 is 14.4 Å². The number of nitrogens with zero attached hydrogens (tertiary/aromatic N) is 3. The summed E-state index contributed by atoms with van der Waals surface area (Å²) in [6.07, 6.45) is 10.6. The number of nitrogens with one attached hydrogen (secondary N) is 2. The Morgan fingerprint density at radius 1 is 1.21 bits per heavy atom. The largest absolute Gasteiger partial charge is 0.347 e. The summed E-state index contributed by atoms with van der Waals surface area (Å²) in [5.41, 5.74) is 1.72. The van der Waals surface area contributed by atoms with Crippen molar-refractivity contribution in [1.82, 2.24) is 15.5 Å². The van der Waals surface area contributed by atoms with E-state index in [1.807, 2.05) is 30.1 Å². The van der Waals surface area contributed by atoms with Crippen LogP contribution >= 0.6 is 0 Å². The zero-order valence-electron chi connectivity index (χ0n) is 20.3. The van der Waals surface area contributed by atoms with E-state index in [0.29, 0.717) is 25.2 Å². The lowest BCUT2D eigenvalue weighted by atomic mass is 9.90. The third kappa shape index (κ3) is 7.37. The van der Waals surface area contributed by atoms with Crippen molar-refractivity contribution in [3.8, 4) is 0 Å². The molecule has 1 fully saturated rings. The molecule has 0 radical (unpaired) electrons. The van der Waals surface area contributed by atoms with Gasteiger partial charge in [0.15, 0.2) is 0 Å². The first-order valence-corrected chi connectivity index (χ1v) is 12.0. The first-order valence-electron chi connectivity index (χ1n) is 12.0. The molecule has 0 aromatic heterocycles. The summed E-state index contributed by atoms with van der Waals surface area (Å²) in [6, 6.07) is -0.766. The number of fused-ring (bicyclic) bond motifs is 1. The van der Waals surface area contributed by atoms with Gasteiger partial charge in [-0.1, -0.05) is 32.9 Å². The highest BCUT2D eigenvalue weighted by atomic mass is 16.2. The summed E-state index contributed by atoms with van der Waals surface area (Å²) in [5, 5.41) is 5.63. The summed E-state index contributed by atoms with van der Waals surface area (Å²) in [4.78, 5) is 49.4. The van der Waals surface area contributed by atoms with Crippen molar-refractivity contribution in [3.05, 3.63) is 23.9 Å². The molecule has 8 heteroatoms. The van der Waals surface area contributed by atoms with Crippen molar-refractivity contribution in [3.63, 3.8) is 0 Å². The first kappa shape index (κ1) is 24.9. The smallest absolute Gasteiger partial charge is 0.243 e. The molecule has 1 saturated heterocycles. The fraction of sp³-hybridized carbons (Fsp3) is 0.640. The molecule has 0 spiro atoms. The van der Waals surface area contributed by atoms with Crippen LogP contribution < -0.4 is 10.6 Å². The van der Waals surface area contributed by atoms with Crippen LogP contribution in [0.5, 0.6) is 0 Å². The fourth-order valence-corrected chi connectivity index (χ4v) is 4.16. The Morgan fingerprint density at radius 2 is 2.00 bits per heavy atom. The van der Waals surface area contributed by atoms with E-state index in [1.54, 1.807) is 0 Å². The van der Waals surface area contributed by atoms with Gasteiger partial charge in [-0.2, -0.15) is 0 Å². The van der Waals surface area contributed by atoms with Crippen molar-refractivity contribution in [2.24, 2.45) is 15.4 Å². The lowest BCUT2D eigenvalue weighted by Gasteiger charge is -2.34. The minimum atomic E-state index is -0.920. The van der Waals surface area contributed by atoms with E-state index in [4.69, 9.17) is 0 Å². The predicted octanol–water partition coefficient (Wildman–Crippen LogP) is 2.90. The number of carbonyl (C=O) groups excluding carboxylic acids is 3. The van der Waals surface area contributed by atoms with Crippen molar-refractivity contribution >= 4 is 29.3 Å². The van der Waals surface area contributed by atoms with Gasteiger partial charge in [0.1, 0.15) is 11.9 Å². The number of hydrogen-bond donors (Lipinski definition) is 2. The summed E-state index contributed by atoms with van der Waals surface area (Å²) in [7, 11) is 0. The number of allylic oxidation sites excluding steroid dienone is 4. The Labute approximate surface area is 196 Å². The Bertz CT molecular complexity index is 894. The lowest BCUT2D eigenvalue weighted by Crippen LogP contribution is -2.51. The number of piperidine rings is 1. The lowest BCUT2D eigenvalue weighted by molar-refractivity contribution is -0.138. The molecule has 2 N–H and O–H groups in total. The molecule has 3 rings (SSSR count). The second-order valence-electron chi connectivity index (χ2n) is 10.3. The van der Waals surface area contributed by atoms with Crippen molar-refractivity contribution in [1.29, 1.82) is 0 Å². The van der Waals surface area contributed by atoms with E-state index >= 15 is 0 Å². The third-order valence-electron chi connectivity index (χ3n) is 6.19. The Balaban J connectivity index is 1.62. The maximum Gasteiger partial charge on any atom is 0.243 e. The molecule has 3 amide bonds. The third-order valence-corrected chi connectivity index (χ3v) is 6.19. The molecule has 0 unspecified atom stereocenters. The number of aliphatic imine (C=N–C) groups is 2. The monoisotopic (exact) mass is 455 g/mol. The second-order valence-corrected chi connectivity index (χ2v) is 10.3. The summed E-state index contributed by atoms with van der Waals surface area (Å²) >= 11 is 0. The number of rotatable bonds is 8. The normalized spacial score (nSPS) is 20.9. The molecule has 0 aromatic carbocycles. The molecule has 1 aliphatic carbocycles. The quantitative estimate of drug-likeness (QED) is 0.588. The van der Waals surface area contributed by atoms with Crippen LogP contribution in [-0.4, -0.2) is 59.3 Å². The highest BCUT2D eigenvalue weighted by Gasteiger charge is 2.30.